The molecule has 1 aliphatic rings. The zero-order chi connectivity index (χ0) is 17.3. The largest absolute Gasteiger partial charge is 0.329 e. The van der Waals surface area contributed by atoms with Crippen molar-refractivity contribution in [3.63, 3.8) is 0 Å². The summed E-state index contributed by atoms with van der Waals surface area (Å²) in [6.07, 6.45) is 3.78. The van der Waals surface area contributed by atoms with Gasteiger partial charge in [-0.3, -0.25) is 10.6 Å². The maximum Gasteiger partial charge on any atom is 0.255 e. The van der Waals surface area contributed by atoms with E-state index in [-0.39, 0.29) is 16.4 Å². The third kappa shape index (κ3) is 2.99. The average molecular weight is 349 g/mol. The molecule has 0 radical (unpaired) electrons. The molecule has 1 fully saturated rings. The summed E-state index contributed by atoms with van der Waals surface area (Å²) >= 11 is 0. The van der Waals surface area contributed by atoms with Gasteiger partial charge in [0.25, 0.3) is 5.56 Å². The number of fused-ring (bicyclic) bond motifs is 1. The van der Waals surface area contributed by atoms with Gasteiger partial charge in [0.1, 0.15) is 0 Å². The summed E-state index contributed by atoms with van der Waals surface area (Å²) in [5, 5.41) is 2.10. The minimum atomic E-state index is -3.55. The number of sulfone groups is 1. The Morgan fingerprint density at radius 1 is 1.33 bits per heavy atom. The molecule has 130 valence electrons. The number of hydrogen-bond acceptors (Lipinski definition) is 5. The molecule has 0 aliphatic carbocycles. The van der Waals surface area contributed by atoms with Crippen molar-refractivity contribution in [1.82, 2.24) is 9.99 Å². The number of aromatic amines is 1. The molecule has 6 nitrogen and oxygen atoms in total. The Bertz CT molecular complexity index is 891. The van der Waals surface area contributed by atoms with E-state index in [4.69, 9.17) is 5.84 Å². The van der Waals surface area contributed by atoms with Gasteiger partial charge < -0.3 is 4.98 Å². The lowest BCUT2D eigenvalue weighted by atomic mass is 9.94. The molecule has 0 amide bonds. The Balaban J connectivity index is 2.09. The predicted molar refractivity (Wildman–Crippen MR) is 94.3 cm³/mol. The van der Waals surface area contributed by atoms with E-state index in [1.54, 1.807) is 29.3 Å². The first-order chi connectivity index (χ1) is 11.4. The lowest BCUT2D eigenvalue weighted by molar-refractivity contribution is 0.172. The van der Waals surface area contributed by atoms with Crippen molar-refractivity contribution >= 4 is 20.6 Å². The van der Waals surface area contributed by atoms with Gasteiger partial charge >= 0.3 is 0 Å². The normalized spacial score (nSPS) is 21.0. The Hall–Kier alpha value is -1.70. The number of aromatic nitrogens is 1. The van der Waals surface area contributed by atoms with Crippen LogP contribution in [0.15, 0.2) is 40.2 Å². The van der Waals surface area contributed by atoms with E-state index < -0.39 is 15.1 Å². The molecule has 7 heteroatoms. The monoisotopic (exact) mass is 349 g/mol. The lowest BCUT2D eigenvalue weighted by Gasteiger charge is -2.34. The third-order valence-electron chi connectivity index (χ3n) is 4.90. The average Bonchev–Trinajstić information content (AvgIpc) is 2.55. The number of rotatable bonds is 4. The molecule has 1 aromatic heterocycles. The predicted octanol–water partition coefficient (Wildman–Crippen LogP) is 1.67. The van der Waals surface area contributed by atoms with Crippen LogP contribution >= 0.6 is 0 Å². The first-order valence-electron chi connectivity index (χ1n) is 8.29. The second kappa shape index (κ2) is 6.66. The number of benzene rings is 1. The van der Waals surface area contributed by atoms with Crippen LogP contribution in [0.2, 0.25) is 0 Å². The van der Waals surface area contributed by atoms with Gasteiger partial charge in [0.05, 0.1) is 10.1 Å². The number of hydrogen-bond donors (Lipinski definition) is 2. The molecule has 0 bridgehead atoms. The van der Waals surface area contributed by atoms with Crippen LogP contribution in [0, 0.1) is 5.92 Å². The van der Waals surface area contributed by atoms with Gasteiger partial charge in [-0.1, -0.05) is 13.0 Å². The van der Waals surface area contributed by atoms with Crippen molar-refractivity contribution in [3.05, 3.63) is 40.8 Å². The fourth-order valence-electron chi connectivity index (χ4n) is 3.75. The number of H-pyrrole nitrogens is 1. The second-order valence-corrected chi connectivity index (χ2v) is 8.55. The lowest BCUT2D eigenvalue weighted by Crippen LogP contribution is -2.45. The van der Waals surface area contributed by atoms with Crippen molar-refractivity contribution < 1.29 is 8.42 Å². The molecular weight excluding hydrogens is 326 g/mol. The molecule has 1 aliphatic heterocycles. The van der Waals surface area contributed by atoms with E-state index >= 15 is 0 Å². The minimum absolute atomic E-state index is 0.0102. The van der Waals surface area contributed by atoms with Crippen LogP contribution in [0.3, 0.4) is 0 Å². The molecule has 1 saturated heterocycles. The summed E-state index contributed by atoms with van der Waals surface area (Å²) in [7, 11) is -3.55. The quantitative estimate of drug-likeness (QED) is 0.819. The molecule has 2 atom stereocenters. The molecular formula is C17H23N3O3S. The topological polar surface area (TPSA) is 96.3 Å². The Kier molecular flexibility index (Phi) is 4.76. The summed E-state index contributed by atoms with van der Waals surface area (Å²) in [4.78, 5) is 14.8. The first-order valence-corrected chi connectivity index (χ1v) is 9.83. The maximum absolute atomic E-state index is 13.3. The molecule has 2 heterocycles. The number of nitrogens with zero attached hydrogens (tertiary/aromatic N) is 1. The van der Waals surface area contributed by atoms with Crippen LogP contribution in [0.1, 0.15) is 26.2 Å². The highest BCUT2D eigenvalue weighted by Gasteiger charge is 2.36. The maximum atomic E-state index is 13.3. The van der Waals surface area contributed by atoms with Gasteiger partial charge in [-0.25, -0.2) is 13.4 Å². The number of nitrogens with one attached hydrogen (secondary N) is 1. The van der Waals surface area contributed by atoms with E-state index in [1.165, 1.54) is 6.20 Å². The molecule has 3 N–H and O–H groups in total. The van der Waals surface area contributed by atoms with Crippen molar-refractivity contribution in [3.8, 4) is 0 Å². The summed E-state index contributed by atoms with van der Waals surface area (Å²) < 4.78 is 26.6. The standard InChI is InChI=1S/C17H23N3O3S/c1-2-15(12-5-4-10-20(18)11-12)24(22,23)16-7-3-6-14-13(16)8-9-19-17(14)21/h3,6-9,12,15H,2,4-5,10-11,18H2,1H3,(H,19,21). The molecule has 0 spiro atoms. The van der Waals surface area contributed by atoms with Crippen molar-refractivity contribution in [2.75, 3.05) is 13.1 Å². The van der Waals surface area contributed by atoms with Crippen molar-refractivity contribution in [2.45, 2.75) is 36.3 Å². The van der Waals surface area contributed by atoms with Gasteiger partial charge in [0, 0.05) is 30.1 Å². The fraction of sp³-hybridized carbons (Fsp3) is 0.471. The molecule has 0 saturated carbocycles. The van der Waals surface area contributed by atoms with Gasteiger partial charge in [-0.15, -0.1) is 0 Å². The highest BCUT2D eigenvalue weighted by atomic mass is 32.2. The number of piperidine rings is 1. The van der Waals surface area contributed by atoms with E-state index in [9.17, 15) is 13.2 Å². The van der Waals surface area contributed by atoms with Crippen LogP contribution in [-0.4, -0.2) is 36.8 Å². The second-order valence-electron chi connectivity index (χ2n) is 6.41. The highest BCUT2D eigenvalue weighted by molar-refractivity contribution is 7.92. The van der Waals surface area contributed by atoms with Crippen LogP contribution in [-0.2, 0) is 9.84 Å². The van der Waals surface area contributed by atoms with Crippen molar-refractivity contribution in [1.29, 1.82) is 0 Å². The van der Waals surface area contributed by atoms with E-state index in [1.807, 2.05) is 6.92 Å². The molecule has 3 rings (SSSR count). The van der Waals surface area contributed by atoms with Gasteiger partial charge in [0.15, 0.2) is 9.84 Å². The van der Waals surface area contributed by atoms with Crippen LogP contribution in [0.4, 0.5) is 0 Å². The zero-order valence-corrected chi connectivity index (χ0v) is 14.6. The van der Waals surface area contributed by atoms with E-state index in [0.29, 0.717) is 23.7 Å². The fourth-order valence-corrected chi connectivity index (χ4v) is 6.00. The molecule has 1 aromatic carbocycles. The molecule has 2 aromatic rings. The van der Waals surface area contributed by atoms with Crippen LogP contribution in [0.5, 0.6) is 0 Å². The Morgan fingerprint density at radius 3 is 2.83 bits per heavy atom. The summed E-state index contributed by atoms with van der Waals surface area (Å²) in [6.45, 7) is 3.29. The summed E-state index contributed by atoms with van der Waals surface area (Å²) in [5.41, 5.74) is -0.275. The number of pyridine rings is 1. The zero-order valence-electron chi connectivity index (χ0n) is 13.7. The molecule has 2 unspecified atom stereocenters. The molecule has 24 heavy (non-hydrogen) atoms. The van der Waals surface area contributed by atoms with Gasteiger partial charge in [-0.2, -0.15) is 0 Å². The van der Waals surface area contributed by atoms with E-state index in [2.05, 4.69) is 4.98 Å². The Morgan fingerprint density at radius 2 is 2.12 bits per heavy atom. The minimum Gasteiger partial charge on any atom is -0.329 e. The van der Waals surface area contributed by atoms with Gasteiger partial charge in [0.2, 0.25) is 0 Å². The van der Waals surface area contributed by atoms with Gasteiger partial charge in [-0.05, 0) is 43.4 Å². The van der Waals surface area contributed by atoms with Crippen LogP contribution in [0.25, 0.3) is 10.8 Å². The van der Waals surface area contributed by atoms with E-state index in [0.717, 1.165) is 19.4 Å². The van der Waals surface area contributed by atoms with Crippen molar-refractivity contribution in [2.24, 2.45) is 11.8 Å². The first kappa shape index (κ1) is 17.1. The smallest absolute Gasteiger partial charge is 0.255 e. The summed E-state index contributed by atoms with van der Waals surface area (Å²) in [5.74, 6) is 5.91. The number of hydrazine groups is 1. The number of nitrogens with two attached hydrogens (primary N) is 1. The van der Waals surface area contributed by atoms with Crippen LogP contribution < -0.4 is 11.4 Å². The SMILES string of the molecule is CCC(C1CCCN(N)C1)S(=O)(=O)c1cccc2c(=O)[nH]ccc12. The summed E-state index contributed by atoms with van der Waals surface area (Å²) in [6, 6.07) is 6.54. The highest BCUT2D eigenvalue weighted by Crippen LogP contribution is 2.32. The third-order valence-corrected chi connectivity index (χ3v) is 7.38. The Labute approximate surface area is 141 Å².